The van der Waals surface area contributed by atoms with E-state index in [1.807, 2.05) is 6.07 Å². The van der Waals surface area contributed by atoms with Crippen molar-refractivity contribution in [2.45, 2.75) is 22.6 Å². The molecule has 14 heteroatoms. The van der Waals surface area contributed by atoms with E-state index in [1.54, 1.807) is 66.4 Å². The number of nitrogens with zero attached hydrogens (tertiary/aromatic N) is 1. The molecular weight excluding hydrogens is 724 g/mol. The minimum atomic E-state index is -0.481. The first kappa shape index (κ1) is 31.3. The molecule has 2 aliphatic heterocycles. The van der Waals surface area contributed by atoms with Crippen molar-refractivity contribution in [3.63, 3.8) is 0 Å². The van der Waals surface area contributed by atoms with Gasteiger partial charge < -0.3 is 15.0 Å². The molecule has 7 atom stereocenters. The number of amides is 3. The standard InChI is InChI=1S/C33H23Cl4N3O5S2/c34-13-1-5-16(6-2-13)40-31(42)26-18-11-19(27(26)32(40)43)28-25(18)24(29-30(46-28)39-33(44)47-29)17-9-14(35)3-8-22(17)45-12-23(41)38-15-4-7-20(36)21(37)10-15/h1-10,18-19,24-28H,11-12H2,(H,38,41)(H,39,44)/t18?,19?,24-,25?,26?,27?,28?/m1/s1. The van der Waals surface area contributed by atoms with Crippen LogP contribution in [0.3, 0.4) is 0 Å². The second-order valence-corrected chi connectivity index (χ2v) is 16.0. The predicted molar refractivity (Wildman–Crippen MR) is 184 cm³/mol. The van der Waals surface area contributed by atoms with E-state index in [-0.39, 0.29) is 52.2 Å². The molecule has 1 saturated heterocycles. The first-order valence-electron chi connectivity index (χ1n) is 14.8. The van der Waals surface area contributed by atoms with Gasteiger partial charge in [-0.15, -0.1) is 11.8 Å². The smallest absolute Gasteiger partial charge is 0.305 e. The third-order valence-corrected chi connectivity index (χ3v) is 13.5. The van der Waals surface area contributed by atoms with Crippen LogP contribution < -0.4 is 19.8 Å². The largest absolute Gasteiger partial charge is 0.483 e. The Hall–Kier alpha value is -2.99. The van der Waals surface area contributed by atoms with Gasteiger partial charge in [0.15, 0.2) is 6.61 Å². The van der Waals surface area contributed by atoms with E-state index in [1.165, 1.54) is 4.90 Å². The van der Waals surface area contributed by atoms with Crippen molar-refractivity contribution in [2.24, 2.45) is 29.6 Å². The van der Waals surface area contributed by atoms with E-state index in [0.717, 1.165) is 33.2 Å². The molecule has 2 aliphatic carbocycles. The number of ether oxygens (including phenoxy) is 1. The number of hydrogen-bond acceptors (Lipinski definition) is 7. The minimum Gasteiger partial charge on any atom is -0.483 e. The van der Waals surface area contributed by atoms with E-state index in [2.05, 4.69) is 10.3 Å². The lowest BCUT2D eigenvalue weighted by atomic mass is 9.68. The van der Waals surface area contributed by atoms with Gasteiger partial charge in [0.05, 0.1) is 32.6 Å². The molecule has 6 unspecified atom stereocenters. The van der Waals surface area contributed by atoms with Crippen LogP contribution in [0.5, 0.6) is 5.75 Å². The lowest BCUT2D eigenvalue weighted by Gasteiger charge is -2.43. The predicted octanol–water partition coefficient (Wildman–Crippen LogP) is 7.75. The Morgan fingerprint density at radius 2 is 1.62 bits per heavy atom. The number of aromatic nitrogens is 1. The summed E-state index contributed by atoms with van der Waals surface area (Å²) < 4.78 is 6.13. The summed E-state index contributed by atoms with van der Waals surface area (Å²) in [5, 5.41) is 5.15. The van der Waals surface area contributed by atoms with Crippen LogP contribution in [0.4, 0.5) is 11.4 Å². The molecule has 2 bridgehead atoms. The number of hydrogen-bond donors (Lipinski definition) is 2. The Balaban J connectivity index is 1.13. The van der Waals surface area contributed by atoms with Gasteiger partial charge in [0.25, 0.3) is 5.91 Å². The maximum Gasteiger partial charge on any atom is 0.305 e. The van der Waals surface area contributed by atoms with Crippen LogP contribution in [-0.4, -0.2) is 34.6 Å². The number of carbonyl (C=O) groups is 3. The highest BCUT2D eigenvalue weighted by molar-refractivity contribution is 8.00. The molecular formula is C33H23Cl4N3O5S2. The average molecular weight is 748 g/mol. The van der Waals surface area contributed by atoms with Gasteiger partial charge in [0.2, 0.25) is 11.8 Å². The second kappa shape index (κ2) is 11.9. The van der Waals surface area contributed by atoms with Gasteiger partial charge in [-0.3, -0.25) is 24.1 Å². The fraction of sp³-hybridized carbons (Fsp3) is 0.273. The summed E-state index contributed by atoms with van der Waals surface area (Å²) in [5.74, 6) is -1.89. The molecule has 3 heterocycles. The number of anilines is 2. The van der Waals surface area contributed by atoms with Crippen LogP contribution in [0.2, 0.25) is 20.1 Å². The van der Waals surface area contributed by atoms with Crippen molar-refractivity contribution in [1.82, 2.24) is 4.98 Å². The van der Waals surface area contributed by atoms with Gasteiger partial charge in [-0.25, -0.2) is 0 Å². The first-order chi connectivity index (χ1) is 22.6. The SMILES string of the molecule is O=C(COc1ccc(Cl)cc1[C@H]1c2sc(=O)[nH]c2SC2C3CC(C4C(=O)N(c5ccc(Cl)cc5)C(=O)C34)C21)Nc1ccc(Cl)c(Cl)c1. The summed E-state index contributed by atoms with van der Waals surface area (Å²) in [6.45, 7) is -0.305. The summed E-state index contributed by atoms with van der Waals surface area (Å²) in [6, 6.07) is 16.7. The summed E-state index contributed by atoms with van der Waals surface area (Å²) in [7, 11) is 0. The van der Waals surface area contributed by atoms with Gasteiger partial charge >= 0.3 is 4.87 Å². The van der Waals surface area contributed by atoms with E-state index < -0.39 is 17.7 Å². The number of benzene rings is 3. The van der Waals surface area contributed by atoms with Crippen molar-refractivity contribution in [3.8, 4) is 5.75 Å². The van der Waals surface area contributed by atoms with Crippen LogP contribution in [0.1, 0.15) is 22.8 Å². The highest BCUT2D eigenvalue weighted by atomic mass is 35.5. The molecule has 240 valence electrons. The van der Waals surface area contributed by atoms with Crippen molar-refractivity contribution in [3.05, 3.63) is 101 Å². The van der Waals surface area contributed by atoms with Crippen molar-refractivity contribution in [1.29, 1.82) is 0 Å². The van der Waals surface area contributed by atoms with Crippen molar-refractivity contribution >= 4 is 98.6 Å². The maximum absolute atomic E-state index is 14.0. The Morgan fingerprint density at radius 3 is 2.36 bits per heavy atom. The molecule has 4 aliphatic rings. The quantitative estimate of drug-likeness (QED) is 0.196. The number of rotatable bonds is 6. The number of halogens is 4. The Morgan fingerprint density at radius 1 is 0.894 bits per heavy atom. The van der Waals surface area contributed by atoms with E-state index in [4.69, 9.17) is 51.1 Å². The van der Waals surface area contributed by atoms with Crippen LogP contribution in [0.25, 0.3) is 0 Å². The van der Waals surface area contributed by atoms with Crippen LogP contribution in [0, 0.1) is 29.6 Å². The number of thioether (sulfide) groups is 1. The molecule has 3 aromatic carbocycles. The number of carbonyl (C=O) groups excluding carboxylic acids is 3. The van der Waals surface area contributed by atoms with Gasteiger partial charge in [-0.1, -0.05) is 57.7 Å². The molecule has 3 fully saturated rings. The second-order valence-electron chi connectivity index (χ2n) is 12.1. The van der Waals surface area contributed by atoms with E-state index in [9.17, 15) is 19.2 Å². The minimum absolute atomic E-state index is 0.0318. The molecule has 8 nitrogen and oxygen atoms in total. The number of thiazole rings is 1. The Labute approximate surface area is 296 Å². The van der Waals surface area contributed by atoms with Crippen molar-refractivity contribution in [2.75, 3.05) is 16.8 Å². The molecule has 0 spiro atoms. The molecule has 2 N–H and O–H groups in total. The Bertz CT molecular complexity index is 2030. The highest BCUT2D eigenvalue weighted by Gasteiger charge is 2.69. The van der Waals surface area contributed by atoms with E-state index >= 15 is 0 Å². The third-order valence-electron chi connectivity index (χ3n) is 9.68. The zero-order valence-corrected chi connectivity index (χ0v) is 28.7. The maximum atomic E-state index is 14.0. The number of H-pyrrole nitrogens is 1. The highest BCUT2D eigenvalue weighted by Crippen LogP contribution is 2.69. The number of imide groups is 1. The third kappa shape index (κ3) is 5.19. The monoisotopic (exact) mass is 745 g/mol. The average Bonchev–Trinajstić information content (AvgIpc) is 3.78. The molecule has 2 saturated carbocycles. The zero-order valence-electron chi connectivity index (χ0n) is 24.0. The fourth-order valence-corrected chi connectivity index (χ4v) is 11.5. The number of aromatic amines is 1. The first-order valence-corrected chi connectivity index (χ1v) is 18.0. The van der Waals surface area contributed by atoms with Crippen LogP contribution in [-0.2, 0) is 14.4 Å². The van der Waals surface area contributed by atoms with Gasteiger partial charge in [-0.2, -0.15) is 0 Å². The summed E-state index contributed by atoms with van der Waals surface area (Å²) >= 11 is 27.5. The molecule has 8 rings (SSSR count). The molecule has 47 heavy (non-hydrogen) atoms. The number of fused-ring (bicyclic) bond motifs is 9. The molecule has 4 aromatic rings. The van der Waals surface area contributed by atoms with Crippen molar-refractivity contribution < 1.29 is 19.1 Å². The molecule has 3 amide bonds. The van der Waals surface area contributed by atoms with Gasteiger partial charge in [-0.05, 0) is 84.8 Å². The van der Waals surface area contributed by atoms with E-state index in [0.29, 0.717) is 37.2 Å². The normalized spacial score (nSPS) is 27.1. The van der Waals surface area contributed by atoms with Gasteiger partial charge in [0, 0.05) is 37.3 Å². The molecule has 0 radical (unpaired) electrons. The summed E-state index contributed by atoms with van der Waals surface area (Å²) in [4.78, 5) is 58.5. The van der Waals surface area contributed by atoms with Crippen LogP contribution in [0.15, 0.2) is 70.5 Å². The van der Waals surface area contributed by atoms with Crippen LogP contribution >= 0.6 is 69.5 Å². The zero-order chi connectivity index (χ0) is 32.7. The van der Waals surface area contributed by atoms with Gasteiger partial charge in [0.1, 0.15) is 5.75 Å². The molecule has 1 aromatic heterocycles. The summed E-state index contributed by atoms with van der Waals surface area (Å²) in [6.07, 6.45) is 0.724. The topological polar surface area (TPSA) is 109 Å². The fourth-order valence-electron chi connectivity index (χ4n) is 8.02. The summed E-state index contributed by atoms with van der Waals surface area (Å²) in [5.41, 5.74) is 1.71. The Kier molecular flexibility index (Phi) is 7.89. The number of nitrogens with one attached hydrogen (secondary N) is 2. The lowest BCUT2D eigenvalue weighted by molar-refractivity contribution is -0.123. The lowest BCUT2D eigenvalue weighted by Crippen LogP contribution is -2.42.